The Balaban J connectivity index is 1.93. The summed E-state index contributed by atoms with van der Waals surface area (Å²) < 4.78 is 28.8. The molecule has 0 bridgehead atoms. The first-order valence-electron chi connectivity index (χ1n) is 7.49. The molecule has 6 heteroatoms. The lowest BCUT2D eigenvalue weighted by Crippen LogP contribution is -2.34. The van der Waals surface area contributed by atoms with E-state index in [1.54, 1.807) is 23.5 Å². The molecular weight excluding hydrogens is 441 g/mol. The number of rotatable bonds is 7. The predicted molar refractivity (Wildman–Crippen MR) is 106 cm³/mol. The summed E-state index contributed by atoms with van der Waals surface area (Å²) in [5.41, 5.74) is 0.961. The van der Waals surface area contributed by atoms with Crippen LogP contribution in [0.15, 0.2) is 41.3 Å². The van der Waals surface area contributed by atoms with Gasteiger partial charge in [-0.25, -0.2) is 13.1 Å². The number of sulfonamides is 1. The van der Waals surface area contributed by atoms with Crippen LogP contribution in [0.4, 0.5) is 0 Å². The normalized spacial score (nSPS) is 12.5. The Hall–Kier alpha value is -0.440. The molecule has 0 saturated carbocycles. The van der Waals surface area contributed by atoms with Crippen LogP contribution in [0.2, 0.25) is 0 Å². The van der Waals surface area contributed by atoms with Crippen molar-refractivity contribution in [2.75, 3.05) is 6.54 Å². The van der Waals surface area contributed by atoms with Crippen LogP contribution in [0.5, 0.6) is 0 Å². The molecular formula is C17H22INO2S2. The minimum atomic E-state index is -3.44. The smallest absolute Gasteiger partial charge is 0.211 e. The molecule has 0 aliphatic rings. The molecule has 1 N–H and O–H groups in total. The summed E-state index contributed by atoms with van der Waals surface area (Å²) in [6, 6.07) is 11.2. The lowest BCUT2D eigenvalue weighted by molar-refractivity contribution is 0.335. The van der Waals surface area contributed by atoms with E-state index in [2.05, 4.69) is 53.3 Å². The molecule has 0 atom stereocenters. The number of hydrogen-bond donors (Lipinski definition) is 1. The van der Waals surface area contributed by atoms with Crippen LogP contribution in [-0.4, -0.2) is 15.0 Å². The molecule has 0 fully saturated rings. The van der Waals surface area contributed by atoms with E-state index in [0.717, 1.165) is 18.4 Å². The van der Waals surface area contributed by atoms with Crippen molar-refractivity contribution in [3.8, 4) is 0 Å². The second kappa shape index (κ2) is 7.63. The van der Waals surface area contributed by atoms with Crippen LogP contribution in [0.25, 0.3) is 0 Å². The summed E-state index contributed by atoms with van der Waals surface area (Å²) in [6.07, 6.45) is 1.92. The third-order valence-corrected chi connectivity index (χ3v) is 7.12. The van der Waals surface area contributed by atoms with Crippen molar-refractivity contribution in [2.45, 2.75) is 38.5 Å². The molecule has 0 amide bonds. The van der Waals surface area contributed by atoms with Crippen LogP contribution in [-0.2, 0) is 16.4 Å². The predicted octanol–water partition coefficient (Wildman–Crippen LogP) is 4.60. The Morgan fingerprint density at radius 2 is 1.78 bits per heavy atom. The van der Waals surface area contributed by atoms with Gasteiger partial charge in [0, 0.05) is 11.4 Å². The van der Waals surface area contributed by atoms with Crippen LogP contribution in [0.1, 0.15) is 30.7 Å². The molecule has 126 valence electrons. The van der Waals surface area contributed by atoms with Gasteiger partial charge in [-0.15, -0.1) is 11.3 Å². The zero-order valence-electron chi connectivity index (χ0n) is 13.6. The lowest BCUT2D eigenvalue weighted by atomic mass is 9.88. The highest BCUT2D eigenvalue weighted by Crippen LogP contribution is 2.26. The van der Waals surface area contributed by atoms with E-state index in [9.17, 15) is 8.42 Å². The maximum absolute atomic E-state index is 12.4. The molecule has 0 spiro atoms. The van der Waals surface area contributed by atoms with Crippen LogP contribution < -0.4 is 4.72 Å². The topological polar surface area (TPSA) is 46.2 Å². The van der Waals surface area contributed by atoms with Crippen molar-refractivity contribution >= 4 is 44.0 Å². The molecule has 0 radical (unpaired) electrons. The molecule has 1 aromatic heterocycles. The SMILES string of the molecule is Cc1ccc(S(=O)(=O)NCC(C)(C)CCc2ccc(I)s2)cc1. The molecule has 1 aromatic carbocycles. The number of thiophene rings is 1. The van der Waals surface area contributed by atoms with Gasteiger partial charge in [-0.05, 0) is 72.0 Å². The monoisotopic (exact) mass is 463 g/mol. The first kappa shape index (κ1) is 18.9. The Kier molecular flexibility index (Phi) is 6.27. The van der Waals surface area contributed by atoms with E-state index < -0.39 is 10.0 Å². The Labute approximate surface area is 156 Å². The fraction of sp³-hybridized carbons (Fsp3) is 0.412. The first-order chi connectivity index (χ1) is 10.7. The van der Waals surface area contributed by atoms with Gasteiger partial charge in [-0.3, -0.25) is 0 Å². The summed E-state index contributed by atoms with van der Waals surface area (Å²) in [5, 5.41) is 0. The number of nitrogens with one attached hydrogen (secondary N) is 1. The van der Waals surface area contributed by atoms with Gasteiger partial charge >= 0.3 is 0 Å². The van der Waals surface area contributed by atoms with E-state index in [0.29, 0.717) is 11.4 Å². The second-order valence-corrected chi connectivity index (χ2v) is 11.3. The first-order valence-corrected chi connectivity index (χ1v) is 10.9. The van der Waals surface area contributed by atoms with Crippen molar-refractivity contribution in [1.82, 2.24) is 4.72 Å². The minimum Gasteiger partial charge on any atom is -0.211 e. The summed E-state index contributed by atoms with van der Waals surface area (Å²) >= 11 is 4.12. The number of halogens is 1. The largest absolute Gasteiger partial charge is 0.240 e. The van der Waals surface area contributed by atoms with Gasteiger partial charge in [0.05, 0.1) is 7.78 Å². The summed E-state index contributed by atoms with van der Waals surface area (Å²) in [6.45, 7) is 6.58. The third-order valence-electron chi connectivity index (χ3n) is 3.75. The fourth-order valence-electron chi connectivity index (χ4n) is 2.13. The zero-order valence-corrected chi connectivity index (χ0v) is 17.4. The lowest BCUT2D eigenvalue weighted by Gasteiger charge is -2.24. The summed E-state index contributed by atoms with van der Waals surface area (Å²) in [7, 11) is -3.44. The van der Waals surface area contributed by atoms with Crippen LogP contribution in [0, 0.1) is 15.2 Å². The van der Waals surface area contributed by atoms with Crippen LogP contribution >= 0.6 is 33.9 Å². The van der Waals surface area contributed by atoms with Gasteiger partial charge in [0.25, 0.3) is 0 Å². The van der Waals surface area contributed by atoms with Gasteiger partial charge in [0.2, 0.25) is 10.0 Å². The summed E-state index contributed by atoms with van der Waals surface area (Å²) in [4.78, 5) is 1.68. The van der Waals surface area contributed by atoms with E-state index >= 15 is 0 Å². The van der Waals surface area contributed by atoms with Gasteiger partial charge < -0.3 is 0 Å². The molecule has 1 heterocycles. The molecule has 0 unspecified atom stereocenters. The van der Waals surface area contributed by atoms with Gasteiger partial charge in [0.15, 0.2) is 0 Å². The highest BCUT2D eigenvalue weighted by Gasteiger charge is 2.22. The molecule has 2 rings (SSSR count). The van der Waals surface area contributed by atoms with E-state index in [1.165, 1.54) is 7.76 Å². The van der Waals surface area contributed by atoms with E-state index in [1.807, 2.05) is 19.1 Å². The zero-order chi connectivity index (χ0) is 17.1. The van der Waals surface area contributed by atoms with Crippen molar-refractivity contribution in [1.29, 1.82) is 0 Å². The number of benzene rings is 1. The van der Waals surface area contributed by atoms with E-state index in [4.69, 9.17) is 0 Å². The van der Waals surface area contributed by atoms with Crippen molar-refractivity contribution in [3.63, 3.8) is 0 Å². The maximum atomic E-state index is 12.4. The van der Waals surface area contributed by atoms with Crippen molar-refractivity contribution < 1.29 is 8.42 Å². The molecule has 0 aliphatic heterocycles. The fourth-order valence-corrected chi connectivity index (χ4v) is 5.12. The minimum absolute atomic E-state index is 0.0901. The highest BCUT2D eigenvalue weighted by molar-refractivity contribution is 14.1. The second-order valence-electron chi connectivity index (χ2n) is 6.51. The molecule has 2 aromatic rings. The average Bonchev–Trinajstić information content (AvgIpc) is 2.90. The molecule has 3 nitrogen and oxygen atoms in total. The third kappa shape index (κ3) is 5.85. The van der Waals surface area contributed by atoms with Gasteiger partial charge in [0.1, 0.15) is 0 Å². The van der Waals surface area contributed by atoms with Gasteiger partial charge in [-0.1, -0.05) is 31.5 Å². The summed E-state index contributed by atoms with van der Waals surface area (Å²) in [5.74, 6) is 0. The van der Waals surface area contributed by atoms with E-state index in [-0.39, 0.29) is 5.41 Å². The number of aryl methyl sites for hydroxylation is 2. The molecule has 23 heavy (non-hydrogen) atoms. The standard InChI is InChI=1S/C17H22INO2S2/c1-13-4-7-15(8-5-13)23(20,21)19-12-17(2,3)11-10-14-6-9-16(18)22-14/h4-9,19H,10-12H2,1-3H3. The average molecular weight is 463 g/mol. The van der Waals surface area contributed by atoms with Gasteiger partial charge in [-0.2, -0.15) is 0 Å². The highest BCUT2D eigenvalue weighted by atomic mass is 127. The van der Waals surface area contributed by atoms with Crippen molar-refractivity contribution in [3.05, 3.63) is 49.7 Å². The Morgan fingerprint density at radius 1 is 1.13 bits per heavy atom. The Bertz CT molecular complexity index is 749. The maximum Gasteiger partial charge on any atom is 0.240 e. The van der Waals surface area contributed by atoms with Crippen molar-refractivity contribution in [2.24, 2.45) is 5.41 Å². The molecule has 0 aliphatic carbocycles. The van der Waals surface area contributed by atoms with Crippen LogP contribution in [0.3, 0.4) is 0 Å². The molecule has 0 saturated heterocycles. The quantitative estimate of drug-likeness (QED) is 0.611. The Morgan fingerprint density at radius 3 is 2.35 bits per heavy atom. The number of hydrogen-bond acceptors (Lipinski definition) is 3.